The van der Waals surface area contributed by atoms with Crippen LogP contribution in [0.1, 0.15) is 37.3 Å². The van der Waals surface area contributed by atoms with Gasteiger partial charge in [-0.2, -0.15) is 4.98 Å². The van der Waals surface area contributed by atoms with Crippen LogP contribution in [0.15, 0.2) is 0 Å². The predicted octanol–water partition coefficient (Wildman–Crippen LogP) is 0.888. The average molecular weight is 213 g/mol. The molecule has 1 rings (SSSR count). The number of aromatic amines is 1. The topological polar surface area (TPSA) is 84.2 Å². The SMILES string of the molecule is CCCC(N)C(O)c1nc(OC)[nH]c1C. The van der Waals surface area contributed by atoms with Crippen molar-refractivity contribution in [1.29, 1.82) is 0 Å². The van der Waals surface area contributed by atoms with E-state index in [0.717, 1.165) is 18.5 Å². The molecule has 0 amide bonds. The van der Waals surface area contributed by atoms with Crippen molar-refractivity contribution in [3.63, 3.8) is 0 Å². The van der Waals surface area contributed by atoms with E-state index >= 15 is 0 Å². The van der Waals surface area contributed by atoms with E-state index in [9.17, 15) is 5.11 Å². The molecule has 2 unspecified atom stereocenters. The third-order valence-corrected chi connectivity index (χ3v) is 2.40. The zero-order chi connectivity index (χ0) is 11.4. The van der Waals surface area contributed by atoms with Crippen LogP contribution in [-0.2, 0) is 0 Å². The summed E-state index contributed by atoms with van der Waals surface area (Å²) in [6.45, 7) is 3.87. The minimum absolute atomic E-state index is 0.276. The minimum Gasteiger partial charge on any atom is -0.468 e. The first-order valence-electron chi connectivity index (χ1n) is 5.14. The lowest BCUT2D eigenvalue weighted by Crippen LogP contribution is -2.28. The Balaban J connectivity index is 2.80. The normalized spacial score (nSPS) is 15.0. The van der Waals surface area contributed by atoms with E-state index in [0.29, 0.717) is 11.7 Å². The van der Waals surface area contributed by atoms with Crippen LogP contribution >= 0.6 is 0 Å². The van der Waals surface area contributed by atoms with Crippen molar-refractivity contribution in [3.8, 4) is 6.01 Å². The molecule has 1 aromatic heterocycles. The van der Waals surface area contributed by atoms with Gasteiger partial charge >= 0.3 is 0 Å². The summed E-state index contributed by atoms with van der Waals surface area (Å²) in [7, 11) is 1.53. The fraction of sp³-hybridized carbons (Fsp3) is 0.700. The maximum atomic E-state index is 9.95. The second-order valence-corrected chi connectivity index (χ2v) is 3.65. The fourth-order valence-corrected chi connectivity index (χ4v) is 1.52. The number of aliphatic hydroxyl groups excluding tert-OH is 1. The summed E-state index contributed by atoms with van der Waals surface area (Å²) < 4.78 is 4.95. The van der Waals surface area contributed by atoms with E-state index in [1.54, 1.807) is 0 Å². The van der Waals surface area contributed by atoms with Gasteiger partial charge in [0.1, 0.15) is 6.10 Å². The molecule has 0 aliphatic carbocycles. The molecule has 0 radical (unpaired) electrons. The van der Waals surface area contributed by atoms with Crippen molar-refractivity contribution in [2.75, 3.05) is 7.11 Å². The van der Waals surface area contributed by atoms with E-state index in [1.807, 2.05) is 13.8 Å². The molecule has 0 aliphatic heterocycles. The Kier molecular flexibility index (Phi) is 4.11. The fourth-order valence-electron chi connectivity index (χ4n) is 1.52. The summed E-state index contributed by atoms with van der Waals surface area (Å²) in [6, 6.07) is 0.131. The molecule has 0 aromatic carbocycles. The molecule has 86 valence electrons. The molecule has 5 heteroatoms. The van der Waals surface area contributed by atoms with Gasteiger partial charge in [-0.25, -0.2) is 0 Å². The lowest BCUT2D eigenvalue weighted by Gasteiger charge is -2.16. The van der Waals surface area contributed by atoms with Crippen molar-refractivity contribution >= 4 is 0 Å². The summed E-state index contributed by atoms with van der Waals surface area (Å²) in [5.74, 6) is 0. The van der Waals surface area contributed by atoms with Gasteiger partial charge in [-0.15, -0.1) is 0 Å². The van der Waals surface area contributed by atoms with E-state index < -0.39 is 6.10 Å². The molecular weight excluding hydrogens is 194 g/mol. The van der Waals surface area contributed by atoms with Gasteiger partial charge in [0, 0.05) is 11.7 Å². The van der Waals surface area contributed by atoms with Crippen molar-refractivity contribution < 1.29 is 9.84 Å². The maximum absolute atomic E-state index is 9.95. The van der Waals surface area contributed by atoms with E-state index in [4.69, 9.17) is 10.5 Å². The number of nitrogens with one attached hydrogen (secondary N) is 1. The monoisotopic (exact) mass is 213 g/mol. The zero-order valence-electron chi connectivity index (χ0n) is 9.45. The van der Waals surface area contributed by atoms with Crippen LogP contribution < -0.4 is 10.5 Å². The highest BCUT2D eigenvalue weighted by Gasteiger charge is 2.21. The van der Waals surface area contributed by atoms with E-state index in [2.05, 4.69) is 9.97 Å². The van der Waals surface area contributed by atoms with Gasteiger partial charge in [0.2, 0.25) is 0 Å². The summed E-state index contributed by atoms with van der Waals surface area (Å²) >= 11 is 0. The molecule has 0 saturated heterocycles. The number of nitrogens with two attached hydrogens (primary N) is 1. The lowest BCUT2D eigenvalue weighted by atomic mass is 10.0. The zero-order valence-corrected chi connectivity index (χ0v) is 9.45. The molecule has 2 atom stereocenters. The minimum atomic E-state index is -0.731. The highest BCUT2D eigenvalue weighted by molar-refractivity contribution is 5.19. The number of H-pyrrole nitrogens is 1. The standard InChI is InChI=1S/C10H19N3O2/c1-4-5-7(11)9(14)8-6(2)12-10(13-8)15-3/h7,9,14H,4-5,11H2,1-3H3,(H,12,13). The summed E-state index contributed by atoms with van der Waals surface area (Å²) in [5.41, 5.74) is 7.21. The highest BCUT2D eigenvalue weighted by atomic mass is 16.5. The Labute approximate surface area is 89.7 Å². The van der Waals surface area contributed by atoms with Crippen LogP contribution in [0.4, 0.5) is 0 Å². The van der Waals surface area contributed by atoms with Crippen LogP contribution in [0.5, 0.6) is 6.01 Å². The number of methoxy groups -OCH3 is 1. The Morgan fingerprint density at radius 1 is 1.60 bits per heavy atom. The second-order valence-electron chi connectivity index (χ2n) is 3.65. The molecule has 0 fully saturated rings. The number of imidazole rings is 1. The van der Waals surface area contributed by atoms with Crippen molar-refractivity contribution in [2.24, 2.45) is 5.73 Å². The first-order chi connectivity index (χ1) is 7.10. The molecule has 0 saturated carbocycles. The number of ether oxygens (including phenoxy) is 1. The number of hydrogen-bond donors (Lipinski definition) is 3. The van der Waals surface area contributed by atoms with Crippen LogP contribution in [0, 0.1) is 6.92 Å². The maximum Gasteiger partial charge on any atom is 0.293 e. The number of hydrogen-bond acceptors (Lipinski definition) is 4. The van der Waals surface area contributed by atoms with Gasteiger partial charge in [-0.3, -0.25) is 0 Å². The van der Waals surface area contributed by atoms with Gasteiger partial charge in [-0.1, -0.05) is 13.3 Å². The van der Waals surface area contributed by atoms with Gasteiger partial charge in [0.15, 0.2) is 0 Å². The van der Waals surface area contributed by atoms with Gasteiger partial charge in [0.05, 0.1) is 12.8 Å². The molecule has 4 N–H and O–H groups in total. The highest BCUT2D eigenvalue weighted by Crippen LogP contribution is 2.22. The summed E-state index contributed by atoms with van der Waals surface area (Å²) in [4.78, 5) is 7.05. The van der Waals surface area contributed by atoms with Crippen LogP contribution in [-0.4, -0.2) is 28.2 Å². The van der Waals surface area contributed by atoms with Gasteiger partial charge < -0.3 is 20.6 Å². The smallest absolute Gasteiger partial charge is 0.293 e. The number of nitrogens with zero attached hydrogens (tertiary/aromatic N) is 1. The largest absolute Gasteiger partial charge is 0.468 e. The Morgan fingerprint density at radius 2 is 2.27 bits per heavy atom. The van der Waals surface area contributed by atoms with Crippen molar-refractivity contribution in [3.05, 3.63) is 11.4 Å². The summed E-state index contributed by atoms with van der Waals surface area (Å²) in [6.07, 6.45) is 0.985. The van der Waals surface area contributed by atoms with Crippen LogP contribution in [0.2, 0.25) is 0 Å². The average Bonchev–Trinajstić information content (AvgIpc) is 2.59. The quantitative estimate of drug-likeness (QED) is 0.678. The molecule has 1 aromatic rings. The van der Waals surface area contributed by atoms with Crippen molar-refractivity contribution in [2.45, 2.75) is 38.8 Å². The van der Waals surface area contributed by atoms with Crippen molar-refractivity contribution in [1.82, 2.24) is 9.97 Å². The lowest BCUT2D eigenvalue weighted by molar-refractivity contribution is 0.136. The second kappa shape index (κ2) is 5.14. The van der Waals surface area contributed by atoms with Gasteiger partial charge in [0.25, 0.3) is 6.01 Å². The van der Waals surface area contributed by atoms with Crippen LogP contribution in [0.3, 0.4) is 0 Å². The van der Waals surface area contributed by atoms with Crippen LogP contribution in [0.25, 0.3) is 0 Å². The molecule has 0 spiro atoms. The predicted molar refractivity (Wildman–Crippen MR) is 57.7 cm³/mol. The Hall–Kier alpha value is -1.07. The molecule has 5 nitrogen and oxygen atoms in total. The van der Waals surface area contributed by atoms with E-state index in [1.165, 1.54) is 7.11 Å². The first kappa shape index (κ1) is 12.0. The summed E-state index contributed by atoms with van der Waals surface area (Å²) in [5, 5.41) is 9.95. The number of rotatable bonds is 5. The number of aliphatic hydroxyl groups is 1. The first-order valence-corrected chi connectivity index (χ1v) is 5.14. The van der Waals surface area contributed by atoms with E-state index in [-0.39, 0.29) is 6.04 Å². The molecule has 1 heterocycles. The molecule has 0 bridgehead atoms. The number of aryl methyl sites for hydroxylation is 1. The Morgan fingerprint density at radius 3 is 2.73 bits per heavy atom. The molecular formula is C10H19N3O2. The molecule has 0 aliphatic rings. The number of aromatic nitrogens is 2. The molecule has 15 heavy (non-hydrogen) atoms. The third kappa shape index (κ3) is 2.70. The Bertz CT molecular complexity index is 312. The van der Waals surface area contributed by atoms with Gasteiger partial charge in [-0.05, 0) is 13.3 Å². The third-order valence-electron chi connectivity index (χ3n) is 2.40.